The van der Waals surface area contributed by atoms with Crippen molar-refractivity contribution in [2.45, 2.75) is 18.4 Å². The number of hydrogen-bond donors (Lipinski definition) is 0. The monoisotopic (exact) mass is 566 g/mol. The van der Waals surface area contributed by atoms with Gasteiger partial charge in [-0.05, 0) is 55.0 Å². The number of benzene rings is 2. The summed E-state index contributed by atoms with van der Waals surface area (Å²) in [5.74, 6) is -5.36. The van der Waals surface area contributed by atoms with E-state index in [0.717, 1.165) is 4.68 Å². The summed E-state index contributed by atoms with van der Waals surface area (Å²) in [7, 11) is -5.33. The van der Waals surface area contributed by atoms with Gasteiger partial charge in [-0.1, -0.05) is 0 Å². The van der Waals surface area contributed by atoms with Crippen molar-refractivity contribution in [2.75, 3.05) is 17.6 Å². The molecule has 0 spiro atoms. The maximum absolute atomic E-state index is 16.1. The Kier molecular flexibility index (Phi) is 7.95. The first-order valence-electron chi connectivity index (χ1n) is 11.3. The fraction of sp³-hybridized carbons (Fsp3) is 0.160. The van der Waals surface area contributed by atoms with Crippen LogP contribution >= 0.6 is 0 Å². The molecule has 0 unspecified atom stereocenters. The number of halogens is 5. The van der Waals surface area contributed by atoms with Gasteiger partial charge in [0.15, 0.2) is 5.82 Å². The van der Waals surface area contributed by atoms with Gasteiger partial charge in [-0.25, -0.2) is 35.2 Å². The number of carbonyl (C=O) groups is 1. The molecule has 2 heterocycles. The van der Waals surface area contributed by atoms with Gasteiger partial charge in [0, 0.05) is 24.2 Å². The molecule has 0 aliphatic heterocycles. The predicted octanol–water partition coefficient (Wildman–Crippen LogP) is 5.49. The highest BCUT2D eigenvalue weighted by molar-refractivity contribution is 7.93. The molecule has 4 rings (SSSR count). The van der Waals surface area contributed by atoms with Gasteiger partial charge in [0.05, 0.1) is 18.7 Å². The minimum atomic E-state index is -5.33. The van der Waals surface area contributed by atoms with Crippen LogP contribution in [-0.2, 0) is 21.3 Å². The summed E-state index contributed by atoms with van der Waals surface area (Å²) in [5.41, 5.74) is -1.71. The zero-order chi connectivity index (χ0) is 28.3. The molecule has 204 valence electrons. The van der Waals surface area contributed by atoms with Crippen LogP contribution in [0.3, 0.4) is 0 Å². The summed E-state index contributed by atoms with van der Waals surface area (Å²) >= 11 is 0. The fourth-order valence-corrected chi connectivity index (χ4v) is 5.17. The van der Waals surface area contributed by atoms with Crippen LogP contribution in [-0.4, -0.2) is 42.6 Å². The van der Waals surface area contributed by atoms with Crippen LogP contribution in [0.4, 0.5) is 32.4 Å². The number of aryl methyl sites for hydroxylation is 1. The first-order valence-corrected chi connectivity index (χ1v) is 12.7. The first kappa shape index (κ1) is 27.7. The van der Waals surface area contributed by atoms with Gasteiger partial charge in [-0.2, -0.15) is 9.40 Å². The first-order chi connectivity index (χ1) is 18.6. The topological polar surface area (TPSA) is 94.4 Å². The number of anilines is 1. The fourth-order valence-electron chi connectivity index (χ4n) is 3.75. The largest absolute Gasteiger partial charge is 0.449 e. The number of alkyl halides is 1. The molecular weight excluding hydrogens is 547 g/mol. The Bertz CT molecular complexity index is 1630. The number of pyridine rings is 1. The van der Waals surface area contributed by atoms with E-state index >= 15 is 8.78 Å². The summed E-state index contributed by atoms with van der Waals surface area (Å²) in [6.07, 6.45) is 2.47. The Labute approximate surface area is 219 Å². The van der Waals surface area contributed by atoms with E-state index in [0.29, 0.717) is 35.9 Å². The average Bonchev–Trinajstić information content (AvgIpc) is 3.31. The lowest BCUT2D eigenvalue weighted by Gasteiger charge is -2.23. The van der Waals surface area contributed by atoms with Crippen molar-refractivity contribution in [1.29, 1.82) is 0 Å². The summed E-state index contributed by atoms with van der Waals surface area (Å²) in [5, 5.41) is 4.08. The van der Waals surface area contributed by atoms with Gasteiger partial charge in [0.2, 0.25) is 0 Å². The third-order valence-corrected chi connectivity index (χ3v) is 7.13. The SMILES string of the molecule is CCOC(=O)N(c1ccc(F)c(-c2nn(CCF)cc2-c2ccncc2)c1F)S(=O)(=O)c1cc(F)ccc1F. The van der Waals surface area contributed by atoms with Crippen molar-refractivity contribution < 1.29 is 39.9 Å². The number of amides is 1. The van der Waals surface area contributed by atoms with E-state index in [1.54, 1.807) is 0 Å². The summed E-state index contributed by atoms with van der Waals surface area (Å²) < 4.78 is 105. The zero-order valence-corrected chi connectivity index (χ0v) is 20.9. The van der Waals surface area contributed by atoms with Gasteiger partial charge >= 0.3 is 6.09 Å². The van der Waals surface area contributed by atoms with E-state index < -0.39 is 62.2 Å². The Morgan fingerprint density at radius 1 is 1.03 bits per heavy atom. The molecule has 0 fully saturated rings. The van der Waals surface area contributed by atoms with Crippen molar-refractivity contribution in [3.05, 3.63) is 84.3 Å². The Balaban J connectivity index is 1.98. The molecule has 0 saturated carbocycles. The van der Waals surface area contributed by atoms with Crippen molar-refractivity contribution in [3.63, 3.8) is 0 Å². The van der Waals surface area contributed by atoms with Crippen LogP contribution in [0.1, 0.15) is 6.92 Å². The molecule has 0 aliphatic carbocycles. The Morgan fingerprint density at radius 3 is 2.38 bits per heavy atom. The molecule has 0 aliphatic rings. The molecule has 4 aromatic rings. The van der Waals surface area contributed by atoms with Crippen molar-refractivity contribution >= 4 is 21.8 Å². The molecule has 0 atom stereocenters. The highest BCUT2D eigenvalue weighted by Crippen LogP contribution is 2.39. The lowest BCUT2D eigenvalue weighted by molar-refractivity contribution is 0.164. The number of aromatic nitrogens is 3. The van der Waals surface area contributed by atoms with E-state index in [2.05, 4.69) is 10.1 Å². The average molecular weight is 567 g/mol. The summed E-state index contributed by atoms with van der Waals surface area (Å²) in [6.45, 7) is -0.151. The van der Waals surface area contributed by atoms with Gasteiger partial charge in [-0.15, -0.1) is 0 Å². The standard InChI is InChI=1S/C25H19F5N4O4S/c1-2-38-25(35)34(39(36,37)21-13-16(27)3-4-18(21)28)20-6-5-19(29)22(23(20)30)24-17(14-33(32-24)12-9-26)15-7-10-31-11-8-15/h3-8,10-11,13-14H,2,9,12H2,1H3. The summed E-state index contributed by atoms with van der Waals surface area (Å²) in [4.78, 5) is 15.4. The lowest BCUT2D eigenvalue weighted by Crippen LogP contribution is -2.38. The number of rotatable bonds is 8. The smallest absolute Gasteiger partial charge is 0.428 e. The van der Waals surface area contributed by atoms with Gasteiger partial charge < -0.3 is 4.74 Å². The maximum Gasteiger partial charge on any atom is 0.428 e. The molecule has 0 saturated heterocycles. The third kappa shape index (κ3) is 5.32. The van der Waals surface area contributed by atoms with E-state index in [1.807, 2.05) is 0 Å². The van der Waals surface area contributed by atoms with E-state index in [9.17, 15) is 26.4 Å². The molecule has 14 heteroatoms. The molecule has 39 heavy (non-hydrogen) atoms. The zero-order valence-electron chi connectivity index (χ0n) is 20.1. The molecule has 1 amide bonds. The van der Waals surface area contributed by atoms with Crippen molar-refractivity contribution in [2.24, 2.45) is 0 Å². The second kappa shape index (κ2) is 11.2. The van der Waals surface area contributed by atoms with Crippen LogP contribution in [0.5, 0.6) is 0 Å². The van der Waals surface area contributed by atoms with Crippen molar-refractivity contribution in [1.82, 2.24) is 14.8 Å². The number of ether oxygens (including phenoxy) is 1. The van der Waals surface area contributed by atoms with Gasteiger partial charge in [-0.3, -0.25) is 9.67 Å². The third-order valence-electron chi connectivity index (χ3n) is 5.44. The quantitative estimate of drug-likeness (QED) is 0.262. The minimum Gasteiger partial charge on any atom is -0.449 e. The Hall–Kier alpha value is -4.33. The highest BCUT2D eigenvalue weighted by Gasteiger charge is 2.38. The minimum absolute atomic E-state index is 0.141. The second-order valence-electron chi connectivity index (χ2n) is 7.88. The Morgan fingerprint density at radius 2 is 1.72 bits per heavy atom. The lowest BCUT2D eigenvalue weighted by atomic mass is 10.0. The number of nitrogens with zero attached hydrogens (tertiary/aromatic N) is 4. The van der Waals surface area contributed by atoms with Gasteiger partial charge in [0.1, 0.15) is 40.4 Å². The molecule has 0 N–H and O–H groups in total. The molecular formula is C25H19F5N4O4S. The molecule has 8 nitrogen and oxygen atoms in total. The van der Waals surface area contributed by atoms with Crippen LogP contribution in [0, 0.1) is 23.3 Å². The number of sulfonamides is 1. The van der Waals surface area contributed by atoms with Gasteiger partial charge in [0.25, 0.3) is 10.0 Å². The van der Waals surface area contributed by atoms with E-state index in [1.165, 1.54) is 37.6 Å². The molecule has 2 aromatic carbocycles. The van der Waals surface area contributed by atoms with Crippen molar-refractivity contribution in [3.8, 4) is 22.4 Å². The normalized spacial score (nSPS) is 11.4. The molecule has 2 aromatic heterocycles. The van der Waals surface area contributed by atoms with Crippen LogP contribution < -0.4 is 4.31 Å². The van der Waals surface area contributed by atoms with Crippen LogP contribution in [0.15, 0.2) is 66.0 Å². The van der Waals surface area contributed by atoms with Crippen LogP contribution in [0.2, 0.25) is 0 Å². The molecule has 0 radical (unpaired) electrons. The predicted molar refractivity (Wildman–Crippen MR) is 130 cm³/mol. The van der Waals surface area contributed by atoms with Crippen LogP contribution in [0.25, 0.3) is 22.4 Å². The number of hydrogen-bond acceptors (Lipinski definition) is 6. The van der Waals surface area contributed by atoms with E-state index in [4.69, 9.17) is 4.74 Å². The van der Waals surface area contributed by atoms with E-state index in [-0.39, 0.29) is 28.7 Å². The second-order valence-corrected chi connectivity index (χ2v) is 9.63. The maximum atomic E-state index is 16.1. The number of carbonyl (C=O) groups excluding carboxylic acids is 1. The summed E-state index contributed by atoms with van der Waals surface area (Å²) in [6, 6.07) is 5.76. The highest BCUT2D eigenvalue weighted by atomic mass is 32.2. The molecule has 0 bridgehead atoms.